The zero-order valence-corrected chi connectivity index (χ0v) is 27.7. The van der Waals surface area contributed by atoms with Crippen LogP contribution in [0.3, 0.4) is 0 Å². The molecule has 2 heterocycles. The Balaban J connectivity index is 1.21. The Morgan fingerprint density at radius 3 is 2.47 bits per heavy atom. The Labute approximate surface area is 274 Å². The van der Waals surface area contributed by atoms with Crippen molar-refractivity contribution in [1.82, 2.24) is 19.8 Å². The number of hydrogen-bond donors (Lipinski definition) is 1. The maximum atomic E-state index is 12.3. The molecule has 1 aliphatic carbocycles. The lowest BCUT2D eigenvalue weighted by atomic mass is 10.2. The molecule has 0 radical (unpaired) electrons. The van der Waals surface area contributed by atoms with E-state index in [2.05, 4.69) is 27.1 Å². The summed E-state index contributed by atoms with van der Waals surface area (Å²) in [5.41, 5.74) is 1.46. The number of amides is 1. The van der Waals surface area contributed by atoms with E-state index in [-0.39, 0.29) is 11.7 Å². The summed E-state index contributed by atoms with van der Waals surface area (Å²) in [5.74, 6) is 1.45. The van der Waals surface area contributed by atoms with E-state index in [1.165, 1.54) is 6.33 Å². The molecule has 240 valence electrons. The summed E-state index contributed by atoms with van der Waals surface area (Å²) in [6.45, 7) is 12.0. The summed E-state index contributed by atoms with van der Waals surface area (Å²) in [4.78, 5) is 29.9. The van der Waals surface area contributed by atoms with Crippen LogP contribution >= 0.6 is 23.2 Å². The van der Waals surface area contributed by atoms with Crippen molar-refractivity contribution in [1.29, 1.82) is 0 Å². The van der Waals surface area contributed by atoms with Crippen molar-refractivity contribution < 1.29 is 19.0 Å². The number of carbonyl (C=O) groups is 1. The molecule has 0 spiro atoms. The fourth-order valence-electron chi connectivity index (χ4n) is 4.63. The van der Waals surface area contributed by atoms with Crippen molar-refractivity contribution in [2.75, 3.05) is 44.6 Å². The van der Waals surface area contributed by atoms with Gasteiger partial charge in [0.05, 0.1) is 5.02 Å². The maximum absolute atomic E-state index is 12.3. The third kappa shape index (κ3) is 9.22. The summed E-state index contributed by atoms with van der Waals surface area (Å²) < 4.78 is 17.7. The van der Waals surface area contributed by atoms with Gasteiger partial charge in [-0.1, -0.05) is 53.5 Å². The average molecular weight is 656 g/mol. The van der Waals surface area contributed by atoms with Gasteiger partial charge in [0.2, 0.25) is 5.88 Å². The predicted octanol–water partition coefficient (Wildman–Crippen LogP) is 7.01. The van der Waals surface area contributed by atoms with Crippen LogP contribution in [0.25, 0.3) is 0 Å². The van der Waals surface area contributed by atoms with Crippen molar-refractivity contribution in [3.05, 3.63) is 70.0 Å². The van der Waals surface area contributed by atoms with Crippen molar-refractivity contribution >= 4 is 47.0 Å². The highest BCUT2D eigenvalue weighted by Crippen LogP contribution is 2.43. The highest BCUT2D eigenvalue weighted by molar-refractivity contribution is 6.44. The first-order chi connectivity index (χ1) is 21.5. The SMILES string of the molecule is CC(C)(C)OC(=O)N1CCN(CCOc2ccc(/C=N/c3c(NCc4ccccc4)ncnc3OC3(C)CC3)c(Cl)c2Cl)CC1. The fraction of sp³-hybridized carbons (Fsp3) is 0.455. The molecule has 10 nitrogen and oxygen atoms in total. The molecule has 1 N–H and O–H groups in total. The van der Waals surface area contributed by atoms with E-state index in [0.717, 1.165) is 31.5 Å². The van der Waals surface area contributed by atoms with Gasteiger partial charge in [-0.15, -0.1) is 0 Å². The zero-order chi connectivity index (χ0) is 32.0. The van der Waals surface area contributed by atoms with Gasteiger partial charge in [0, 0.05) is 51.0 Å². The molecule has 0 bridgehead atoms. The second-order valence-electron chi connectivity index (χ2n) is 12.5. The standard InChI is InChI=1S/C33H40Cl2N6O4/c1-32(2,3)45-31(42)41-16-14-40(15-17-41)18-19-43-25-11-10-24(26(34)27(25)35)21-36-28-29(37-20-23-8-6-5-7-9-23)38-22-39-30(28)44-33(4)12-13-33/h5-11,21-22H,12-20H2,1-4H3,(H,37,38,39)/b36-21+. The highest BCUT2D eigenvalue weighted by Gasteiger charge is 2.41. The number of aliphatic imine (C=N–C) groups is 1. The number of aromatic nitrogens is 2. The molecule has 5 rings (SSSR count). The van der Waals surface area contributed by atoms with Gasteiger partial charge in [0.1, 0.15) is 34.9 Å². The molecule has 45 heavy (non-hydrogen) atoms. The van der Waals surface area contributed by atoms with E-state index < -0.39 is 5.60 Å². The first-order valence-corrected chi connectivity index (χ1v) is 15.9. The first-order valence-electron chi connectivity index (χ1n) is 15.2. The van der Waals surface area contributed by atoms with Gasteiger partial charge in [0.25, 0.3) is 0 Å². The topological polar surface area (TPSA) is 101 Å². The summed E-state index contributed by atoms with van der Waals surface area (Å²) in [5, 5.41) is 4.00. The molecule has 12 heteroatoms. The third-order valence-corrected chi connectivity index (χ3v) is 8.37. The Bertz CT molecular complexity index is 1500. The highest BCUT2D eigenvalue weighted by atomic mass is 35.5. The minimum absolute atomic E-state index is 0.249. The molecule has 2 aliphatic rings. The minimum atomic E-state index is -0.505. The van der Waals surface area contributed by atoms with E-state index in [4.69, 9.17) is 42.4 Å². The largest absolute Gasteiger partial charge is 0.491 e. The maximum Gasteiger partial charge on any atom is 0.410 e. The minimum Gasteiger partial charge on any atom is -0.491 e. The molecule has 1 aromatic heterocycles. The Hall–Kier alpha value is -3.60. The van der Waals surface area contributed by atoms with Gasteiger partial charge in [-0.05, 0) is 58.2 Å². The molecular weight excluding hydrogens is 615 g/mol. The van der Waals surface area contributed by atoms with Gasteiger partial charge in [-0.25, -0.2) is 14.8 Å². The number of carbonyl (C=O) groups excluding carboxylic acids is 1. The Kier molecular flexibility index (Phi) is 10.4. The van der Waals surface area contributed by atoms with Crippen LogP contribution in [-0.2, 0) is 11.3 Å². The van der Waals surface area contributed by atoms with Crippen LogP contribution < -0.4 is 14.8 Å². The van der Waals surface area contributed by atoms with Crippen LogP contribution in [0, 0.1) is 0 Å². The monoisotopic (exact) mass is 654 g/mol. The number of nitrogens with one attached hydrogen (secondary N) is 1. The van der Waals surface area contributed by atoms with E-state index in [0.29, 0.717) is 71.5 Å². The molecule has 3 aromatic rings. The normalized spacial score (nSPS) is 16.4. The van der Waals surface area contributed by atoms with Gasteiger partial charge < -0.3 is 24.4 Å². The average Bonchev–Trinajstić information content (AvgIpc) is 3.74. The van der Waals surface area contributed by atoms with Crippen molar-refractivity contribution in [2.45, 2.75) is 58.3 Å². The van der Waals surface area contributed by atoms with Crippen LogP contribution in [0.4, 0.5) is 16.3 Å². The molecule has 1 saturated heterocycles. The Morgan fingerprint density at radius 2 is 1.78 bits per heavy atom. The number of rotatable bonds is 11. The third-order valence-electron chi connectivity index (χ3n) is 7.49. The molecular formula is C33H40Cl2N6O4. The van der Waals surface area contributed by atoms with Crippen LogP contribution in [0.1, 0.15) is 51.7 Å². The van der Waals surface area contributed by atoms with Gasteiger partial charge >= 0.3 is 6.09 Å². The number of ether oxygens (including phenoxy) is 3. The van der Waals surface area contributed by atoms with Crippen LogP contribution in [0.2, 0.25) is 10.0 Å². The molecule has 2 fully saturated rings. The molecule has 0 unspecified atom stereocenters. The molecule has 1 aliphatic heterocycles. The lowest BCUT2D eigenvalue weighted by molar-refractivity contribution is 0.0137. The summed E-state index contributed by atoms with van der Waals surface area (Å²) >= 11 is 13.3. The van der Waals surface area contributed by atoms with E-state index in [1.807, 2.05) is 57.2 Å². The van der Waals surface area contributed by atoms with E-state index in [1.54, 1.807) is 17.2 Å². The molecule has 2 aromatic carbocycles. The van der Waals surface area contributed by atoms with Gasteiger partial charge in [-0.2, -0.15) is 4.98 Å². The van der Waals surface area contributed by atoms with Crippen molar-refractivity contribution in [3.8, 4) is 11.6 Å². The Morgan fingerprint density at radius 1 is 1.04 bits per heavy atom. The lowest BCUT2D eigenvalue weighted by Gasteiger charge is -2.35. The fourth-order valence-corrected chi connectivity index (χ4v) is 5.06. The number of hydrogen-bond acceptors (Lipinski definition) is 9. The first kappa shape index (κ1) is 32.8. The van der Waals surface area contributed by atoms with Crippen LogP contribution in [0.15, 0.2) is 53.8 Å². The zero-order valence-electron chi connectivity index (χ0n) is 26.2. The van der Waals surface area contributed by atoms with Crippen LogP contribution in [-0.4, -0.2) is 82.6 Å². The van der Waals surface area contributed by atoms with Gasteiger partial charge in [0.15, 0.2) is 11.5 Å². The quantitative estimate of drug-likeness (QED) is 0.220. The predicted molar refractivity (Wildman–Crippen MR) is 178 cm³/mol. The molecule has 0 atom stereocenters. The van der Waals surface area contributed by atoms with E-state index >= 15 is 0 Å². The van der Waals surface area contributed by atoms with Crippen LogP contribution in [0.5, 0.6) is 11.6 Å². The molecule has 1 amide bonds. The smallest absolute Gasteiger partial charge is 0.410 e. The lowest BCUT2D eigenvalue weighted by Crippen LogP contribution is -2.50. The van der Waals surface area contributed by atoms with Crippen molar-refractivity contribution in [3.63, 3.8) is 0 Å². The number of piperazine rings is 1. The van der Waals surface area contributed by atoms with Crippen molar-refractivity contribution in [2.24, 2.45) is 4.99 Å². The number of nitrogens with zero attached hydrogens (tertiary/aromatic N) is 5. The second-order valence-corrected chi connectivity index (χ2v) is 13.2. The summed E-state index contributed by atoms with van der Waals surface area (Å²) in [6, 6.07) is 13.6. The molecule has 1 saturated carbocycles. The summed E-state index contributed by atoms with van der Waals surface area (Å²) in [7, 11) is 0. The van der Waals surface area contributed by atoms with E-state index in [9.17, 15) is 4.79 Å². The number of benzene rings is 2. The summed E-state index contributed by atoms with van der Waals surface area (Å²) in [6.07, 6.45) is 4.75. The second kappa shape index (κ2) is 14.2. The number of anilines is 1. The van der Waals surface area contributed by atoms with Gasteiger partial charge in [-0.3, -0.25) is 4.90 Å². The number of halogens is 2.